The summed E-state index contributed by atoms with van der Waals surface area (Å²) in [7, 11) is 0. The molecule has 2 aromatic rings. The summed E-state index contributed by atoms with van der Waals surface area (Å²) in [6.45, 7) is 7.84. The molecule has 0 saturated heterocycles. The molecule has 0 unspecified atom stereocenters. The molecule has 0 atom stereocenters. The fraction of sp³-hybridized carbons (Fsp3) is 0.222. The molecule has 2 nitrogen and oxygen atoms in total. The molecule has 20 heavy (non-hydrogen) atoms. The predicted octanol–water partition coefficient (Wildman–Crippen LogP) is 4.50. The van der Waals surface area contributed by atoms with Crippen molar-refractivity contribution in [3.8, 4) is 11.5 Å². The van der Waals surface area contributed by atoms with E-state index >= 15 is 0 Å². The Kier molecular flexibility index (Phi) is 3.84. The zero-order chi connectivity index (χ0) is 14.9. The van der Waals surface area contributed by atoms with Crippen LogP contribution in [0, 0.1) is 27.7 Å². The van der Waals surface area contributed by atoms with Crippen molar-refractivity contribution in [2.75, 3.05) is 0 Å². The quantitative estimate of drug-likeness (QED) is 0.787. The maximum atomic E-state index is 9.67. The van der Waals surface area contributed by atoms with Crippen LogP contribution in [0.5, 0.6) is 11.5 Å². The van der Waals surface area contributed by atoms with Gasteiger partial charge in [-0.15, -0.1) is 0 Å². The van der Waals surface area contributed by atoms with E-state index in [0.29, 0.717) is 11.5 Å². The Bertz CT molecular complexity index is 623. The van der Waals surface area contributed by atoms with E-state index in [4.69, 9.17) is 0 Å². The summed E-state index contributed by atoms with van der Waals surface area (Å²) < 4.78 is 0. The molecule has 0 heterocycles. The molecule has 2 N–H and O–H groups in total. The van der Waals surface area contributed by atoms with E-state index in [0.717, 1.165) is 33.4 Å². The second-order valence-electron chi connectivity index (χ2n) is 5.18. The fourth-order valence-corrected chi connectivity index (χ4v) is 2.20. The van der Waals surface area contributed by atoms with Crippen LogP contribution in [0.25, 0.3) is 12.2 Å². The lowest BCUT2D eigenvalue weighted by Crippen LogP contribution is -1.88. The van der Waals surface area contributed by atoms with Crippen LogP contribution >= 0.6 is 0 Å². The van der Waals surface area contributed by atoms with Gasteiger partial charge in [0.15, 0.2) is 0 Å². The van der Waals surface area contributed by atoms with Gasteiger partial charge in [0.1, 0.15) is 11.5 Å². The van der Waals surface area contributed by atoms with Crippen molar-refractivity contribution >= 4 is 12.2 Å². The van der Waals surface area contributed by atoms with Gasteiger partial charge in [-0.2, -0.15) is 0 Å². The first-order chi connectivity index (χ1) is 9.41. The second kappa shape index (κ2) is 5.41. The Hall–Kier alpha value is -2.22. The Morgan fingerprint density at radius 1 is 0.600 bits per heavy atom. The highest BCUT2D eigenvalue weighted by atomic mass is 16.3. The molecule has 0 spiro atoms. The molecule has 0 fully saturated rings. The third kappa shape index (κ3) is 2.55. The van der Waals surface area contributed by atoms with Gasteiger partial charge in [0.2, 0.25) is 0 Å². The van der Waals surface area contributed by atoms with Crippen LogP contribution in [0.4, 0.5) is 0 Å². The van der Waals surface area contributed by atoms with E-state index in [-0.39, 0.29) is 0 Å². The van der Waals surface area contributed by atoms with E-state index in [1.807, 2.05) is 52.0 Å². The zero-order valence-corrected chi connectivity index (χ0v) is 12.4. The van der Waals surface area contributed by atoms with Crippen LogP contribution in [0.15, 0.2) is 24.3 Å². The van der Waals surface area contributed by atoms with Crippen molar-refractivity contribution in [1.82, 2.24) is 0 Å². The molecular weight excluding hydrogens is 248 g/mol. The monoisotopic (exact) mass is 268 g/mol. The number of phenolic OH excluding ortho intramolecular Hbond substituents is 2. The summed E-state index contributed by atoms with van der Waals surface area (Å²) in [6, 6.07) is 7.27. The molecule has 2 aromatic carbocycles. The van der Waals surface area contributed by atoms with Crippen LogP contribution < -0.4 is 0 Å². The van der Waals surface area contributed by atoms with Gasteiger partial charge in [0, 0.05) is 0 Å². The minimum atomic E-state index is 0.330. The van der Waals surface area contributed by atoms with Crippen LogP contribution in [0.2, 0.25) is 0 Å². The topological polar surface area (TPSA) is 40.5 Å². The first-order valence-corrected chi connectivity index (χ1v) is 6.68. The number of benzene rings is 2. The molecule has 0 bridgehead atoms. The summed E-state index contributed by atoms with van der Waals surface area (Å²) >= 11 is 0. The number of hydrogen-bond donors (Lipinski definition) is 2. The smallest absolute Gasteiger partial charge is 0.118 e. The second-order valence-corrected chi connectivity index (χ2v) is 5.18. The van der Waals surface area contributed by atoms with Crippen LogP contribution in [0.3, 0.4) is 0 Å². The molecule has 0 aliphatic rings. The summed E-state index contributed by atoms with van der Waals surface area (Å²) in [5.74, 6) is 0.660. The third-order valence-corrected chi connectivity index (χ3v) is 4.04. The highest BCUT2D eigenvalue weighted by Crippen LogP contribution is 2.26. The summed E-state index contributed by atoms with van der Waals surface area (Å²) in [5.41, 5.74) is 6.15. The van der Waals surface area contributed by atoms with Crippen molar-refractivity contribution in [3.63, 3.8) is 0 Å². The number of rotatable bonds is 2. The largest absolute Gasteiger partial charge is 0.508 e. The third-order valence-electron chi connectivity index (χ3n) is 4.04. The maximum absolute atomic E-state index is 9.67. The van der Waals surface area contributed by atoms with Crippen LogP contribution in [-0.2, 0) is 0 Å². The van der Waals surface area contributed by atoms with Crippen LogP contribution in [-0.4, -0.2) is 10.2 Å². The Labute approximate surface area is 120 Å². The van der Waals surface area contributed by atoms with Gasteiger partial charge >= 0.3 is 0 Å². The average Bonchev–Trinajstić information content (AvgIpc) is 2.43. The molecular formula is C18H20O2. The van der Waals surface area contributed by atoms with Gasteiger partial charge < -0.3 is 10.2 Å². The molecule has 0 aliphatic carbocycles. The Morgan fingerprint density at radius 3 is 1.30 bits per heavy atom. The normalized spacial score (nSPS) is 11.2. The van der Waals surface area contributed by atoms with Gasteiger partial charge in [-0.1, -0.05) is 24.3 Å². The lowest BCUT2D eigenvalue weighted by atomic mass is 9.99. The average molecular weight is 268 g/mol. The first-order valence-electron chi connectivity index (χ1n) is 6.68. The lowest BCUT2D eigenvalue weighted by Gasteiger charge is -2.08. The molecule has 104 valence electrons. The fourth-order valence-electron chi connectivity index (χ4n) is 2.20. The standard InChI is InChI=1S/C18H20O2/c1-11-13(3)17(19)9-7-15(11)5-6-16-8-10-18(20)14(4)12(16)2/h5-10,19-20H,1-4H3. The molecule has 0 aliphatic heterocycles. The highest BCUT2D eigenvalue weighted by molar-refractivity contribution is 5.74. The van der Waals surface area contributed by atoms with E-state index < -0.39 is 0 Å². The van der Waals surface area contributed by atoms with Crippen molar-refractivity contribution in [1.29, 1.82) is 0 Å². The van der Waals surface area contributed by atoms with Crippen molar-refractivity contribution in [2.45, 2.75) is 27.7 Å². The molecule has 0 aromatic heterocycles. The molecule has 2 rings (SSSR count). The molecule has 0 amide bonds. The summed E-state index contributed by atoms with van der Waals surface area (Å²) in [4.78, 5) is 0. The first kappa shape index (κ1) is 14.2. The number of aromatic hydroxyl groups is 2. The minimum absolute atomic E-state index is 0.330. The maximum Gasteiger partial charge on any atom is 0.118 e. The van der Waals surface area contributed by atoms with Crippen molar-refractivity contribution < 1.29 is 10.2 Å². The van der Waals surface area contributed by atoms with Gasteiger partial charge in [-0.25, -0.2) is 0 Å². The predicted molar refractivity (Wildman–Crippen MR) is 84.1 cm³/mol. The number of phenols is 2. The SMILES string of the molecule is Cc1c(O)ccc(C=Cc2ccc(O)c(C)c2C)c1C. The van der Waals surface area contributed by atoms with E-state index in [1.165, 1.54) is 0 Å². The lowest BCUT2D eigenvalue weighted by molar-refractivity contribution is 0.470. The number of hydrogen-bond acceptors (Lipinski definition) is 2. The Morgan fingerprint density at radius 2 is 0.950 bits per heavy atom. The minimum Gasteiger partial charge on any atom is -0.508 e. The Balaban J connectivity index is 2.40. The van der Waals surface area contributed by atoms with Crippen molar-refractivity contribution in [2.24, 2.45) is 0 Å². The van der Waals surface area contributed by atoms with Crippen molar-refractivity contribution in [3.05, 3.63) is 57.6 Å². The molecule has 0 radical (unpaired) electrons. The van der Waals surface area contributed by atoms with E-state index in [2.05, 4.69) is 0 Å². The van der Waals surface area contributed by atoms with E-state index in [1.54, 1.807) is 12.1 Å². The van der Waals surface area contributed by atoms with Gasteiger partial charge in [-0.05, 0) is 73.2 Å². The molecule has 2 heteroatoms. The van der Waals surface area contributed by atoms with Gasteiger partial charge in [0.05, 0.1) is 0 Å². The molecule has 0 saturated carbocycles. The summed E-state index contributed by atoms with van der Waals surface area (Å²) in [6.07, 6.45) is 4.08. The van der Waals surface area contributed by atoms with E-state index in [9.17, 15) is 10.2 Å². The van der Waals surface area contributed by atoms with Gasteiger partial charge in [0.25, 0.3) is 0 Å². The van der Waals surface area contributed by atoms with Gasteiger partial charge in [-0.3, -0.25) is 0 Å². The van der Waals surface area contributed by atoms with Crippen LogP contribution in [0.1, 0.15) is 33.4 Å². The summed E-state index contributed by atoms with van der Waals surface area (Å²) in [5, 5.41) is 19.3. The highest BCUT2D eigenvalue weighted by Gasteiger charge is 2.05. The zero-order valence-electron chi connectivity index (χ0n) is 12.4.